The van der Waals surface area contributed by atoms with Crippen molar-refractivity contribution in [2.75, 3.05) is 13.1 Å². The largest absolute Gasteiger partial charge is 0.371 e. The first-order valence-corrected chi connectivity index (χ1v) is 3.05. The predicted octanol–water partition coefficient (Wildman–Crippen LogP) is 0.445. The van der Waals surface area contributed by atoms with Crippen LogP contribution in [-0.2, 0) is 0 Å². The highest BCUT2D eigenvalue weighted by atomic mass is 15.1. The molecule has 0 aliphatic carbocycles. The smallest absolute Gasteiger partial charge is 0.116 e. The van der Waals surface area contributed by atoms with Gasteiger partial charge in [0.25, 0.3) is 0 Å². The summed E-state index contributed by atoms with van der Waals surface area (Å²) < 4.78 is 0. The molecule has 1 heterocycles. The Kier molecular flexibility index (Phi) is 1.78. The van der Waals surface area contributed by atoms with Gasteiger partial charge in [0, 0.05) is 13.1 Å². The second kappa shape index (κ2) is 2.60. The summed E-state index contributed by atoms with van der Waals surface area (Å²) in [6.45, 7) is 4.03. The molecule has 0 unspecified atom stereocenters. The maximum Gasteiger partial charge on any atom is 0.116 e. The van der Waals surface area contributed by atoms with Gasteiger partial charge in [0.05, 0.1) is 0 Å². The molecule has 0 spiro atoms. The van der Waals surface area contributed by atoms with Gasteiger partial charge in [-0.15, -0.1) is 0 Å². The molecule has 0 saturated carbocycles. The van der Waals surface area contributed by atoms with Crippen molar-refractivity contribution in [3.63, 3.8) is 0 Å². The molecule has 0 aromatic carbocycles. The van der Waals surface area contributed by atoms with Gasteiger partial charge in [-0.25, -0.2) is 0 Å². The summed E-state index contributed by atoms with van der Waals surface area (Å²) in [7, 11) is 0. The Bertz CT molecular complexity index is 96.7. The van der Waals surface area contributed by atoms with Gasteiger partial charge < -0.3 is 5.32 Å². The van der Waals surface area contributed by atoms with Crippen molar-refractivity contribution in [1.29, 1.82) is 0 Å². The molecule has 1 radical (unpaired) electrons. The molecule has 0 amide bonds. The van der Waals surface area contributed by atoms with Crippen LogP contribution in [0.1, 0.15) is 13.3 Å². The monoisotopic (exact) mass is 111 g/mol. The molecule has 1 N–H and O–H groups in total. The zero-order valence-corrected chi connectivity index (χ0v) is 5.15. The number of rotatable bonds is 2. The SMILES string of the molecule is CCNC1=CCC[N]1. The van der Waals surface area contributed by atoms with Gasteiger partial charge in [0.1, 0.15) is 5.82 Å². The zero-order chi connectivity index (χ0) is 5.82. The number of nitrogens with zero attached hydrogens (tertiary/aromatic N) is 1. The molecule has 0 aromatic rings. The highest BCUT2D eigenvalue weighted by molar-refractivity contribution is 5.02. The lowest BCUT2D eigenvalue weighted by Gasteiger charge is -1.99. The van der Waals surface area contributed by atoms with E-state index in [0.717, 1.165) is 25.3 Å². The van der Waals surface area contributed by atoms with E-state index >= 15 is 0 Å². The van der Waals surface area contributed by atoms with Crippen molar-refractivity contribution in [1.82, 2.24) is 10.6 Å². The summed E-state index contributed by atoms with van der Waals surface area (Å²) in [4.78, 5) is 0. The van der Waals surface area contributed by atoms with Crippen LogP contribution in [0.3, 0.4) is 0 Å². The molecule has 0 bridgehead atoms. The molecule has 1 aliphatic rings. The van der Waals surface area contributed by atoms with Crippen LogP contribution in [0.2, 0.25) is 0 Å². The van der Waals surface area contributed by atoms with Crippen LogP contribution >= 0.6 is 0 Å². The Labute approximate surface area is 50.0 Å². The van der Waals surface area contributed by atoms with Gasteiger partial charge in [0.2, 0.25) is 0 Å². The molecular formula is C6H11N2. The quantitative estimate of drug-likeness (QED) is 0.550. The van der Waals surface area contributed by atoms with Crippen molar-refractivity contribution in [2.45, 2.75) is 13.3 Å². The lowest BCUT2D eigenvalue weighted by molar-refractivity contribution is 0.739. The van der Waals surface area contributed by atoms with Gasteiger partial charge in [0.15, 0.2) is 0 Å². The van der Waals surface area contributed by atoms with Crippen molar-refractivity contribution in [2.24, 2.45) is 0 Å². The first-order chi connectivity index (χ1) is 3.93. The summed E-state index contributed by atoms with van der Waals surface area (Å²) in [5, 5.41) is 7.31. The van der Waals surface area contributed by atoms with E-state index in [1.54, 1.807) is 0 Å². The van der Waals surface area contributed by atoms with Gasteiger partial charge in [-0.05, 0) is 19.4 Å². The highest BCUT2D eigenvalue weighted by Crippen LogP contribution is 1.97. The maximum absolute atomic E-state index is 4.18. The predicted molar refractivity (Wildman–Crippen MR) is 33.4 cm³/mol. The molecule has 1 aliphatic heterocycles. The molecule has 1 rings (SSSR count). The van der Waals surface area contributed by atoms with Crippen LogP contribution < -0.4 is 10.6 Å². The molecule has 2 heteroatoms. The van der Waals surface area contributed by atoms with Crippen molar-refractivity contribution in [3.05, 3.63) is 11.9 Å². The Morgan fingerprint density at radius 2 is 2.75 bits per heavy atom. The van der Waals surface area contributed by atoms with Crippen LogP contribution in [0.25, 0.3) is 0 Å². The van der Waals surface area contributed by atoms with E-state index in [0.29, 0.717) is 0 Å². The standard InChI is InChI=1S/C6H11N2/c1-2-7-6-4-3-5-8-6/h4,7H,2-3,5H2,1H3. The number of hydrogen-bond donors (Lipinski definition) is 1. The second-order valence-electron chi connectivity index (χ2n) is 1.79. The second-order valence-corrected chi connectivity index (χ2v) is 1.79. The topological polar surface area (TPSA) is 26.1 Å². The molecular weight excluding hydrogens is 100 g/mol. The fourth-order valence-electron chi connectivity index (χ4n) is 0.760. The normalized spacial score (nSPS) is 17.4. The molecule has 0 atom stereocenters. The van der Waals surface area contributed by atoms with E-state index in [1.165, 1.54) is 0 Å². The molecule has 0 saturated heterocycles. The summed E-state index contributed by atoms with van der Waals surface area (Å²) in [5.74, 6) is 1.08. The maximum atomic E-state index is 4.18. The van der Waals surface area contributed by atoms with E-state index in [1.807, 2.05) is 0 Å². The minimum Gasteiger partial charge on any atom is -0.371 e. The minimum absolute atomic E-state index is 0.975. The summed E-state index contributed by atoms with van der Waals surface area (Å²) in [5.41, 5.74) is 0. The lowest BCUT2D eigenvalue weighted by Crippen LogP contribution is -2.17. The van der Waals surface area contributed by atoms with E-state index in [9.17, 15) is 0 Å². The van der Waals surface area contributed by atoms with Crippen LogP contribution in [-0.4, -0.2) is 13.1 Å². The first-order valence-electron chi connectivity index (χ1n) is 3.05. The zero-order valence-electron chi connectivity index (χ0n) is 5.15. The van der Waals surface area contributed by atoms with E-state index in [2.05, 4.69) is 23.6 Å². The van der Waals surface area contributed by atoms with Crippen LogP contribution in [0.5, 0.6) is 0 Å². The highest BCUT2D eigenvalue weighted by Gasteiger charge is 2.00. The molecule has 0 fully saturated rings. The third kappa shape index (κ3) is 1.15. The summed E-state index contributed by atoms with van der Waals surface area (Å²) in [6.07, 6.45) is 3.24. The average Bonchev–Trinajstić information content (AvgIpc) is 2.19. The molecule has 2 nitrogen and oxygen atoms in total. The molecule has 8 heavy (non-hydrogen) atoms. The fraction of sp³-hybridized carbons (Fsp3) is 0.667. The molecule has 45 valence electrons. The number of hydrogen-bond acceptors (Lipinski definition) is 1. The molecule has 0 aromatic heterocycles. The third-order valence-corrected chi connectivity index (χ3v) is 1.11. The van der Waals surface area contributed by atoms with Gasteiger partial charge in [-0.1, -0.05) is 0 Å². The van der Waals surface area contributed by atoms with Gasteiger partial charge in [-0.3, -0.25) is 5.32 Å². The minimum atomic E-state index is 0.975. The first kappa shape index (κ1) is 5.48. The third-order valence-electron chi connectivity index (χ3n) is 1.11. The van der Waals surface area contributed by atoms with Gasteiger partial charge >= 0.3 is 0 Å². The van der Waals surface area contributed by atoms with Crippen LogP contribution in [0.15, 0.2) is 11.9 Å². The lowest BCUT2D eigenvalue weighted by atomic mass is 10.5. The van der Waals surface area contributed by atoms with Crippen LogP contribution in [0, 0.1) is 0 Å². The average molecular weight is 111 g/mol. The number of nitrogens with one attached hydrogen (secondary N) is 1. The Balaban J connectivity index is 2.23. The van der Waals surface area contributed by atoms with Gasteiger partial charge in [-0.2, -0.15) is 0 Å². The van der Waals surface area contributed by atoms with Crippen molar-refractivity contribution >= 4 is 0 Å². The van der Waals surface area contributed by atoms with Crippen LogP contribution in [0.4, 0.5) is 0 Å². The van der Waals surface area contributed by atoms with E-state index < -0.39 is 0 Å². The summed E-state index contributed by atoms with van der Waals surface area (Å²) in [6, 6.07) is 0. The Morgan fingerprint density at radius 1 is 1.88 bits per heavy atom. The Hall–Kier alpha value is -0.660. The van der Waals surface area contributed by atoms with Crippen molar-refractivity contribution < 1.29 is 0 Å². The fourth-order valence-corrected chi connectivity index (χ4v) is 0.760. The van der Waals surface area contributed by atoms with E-state index in [-0.39, 0.29) is 0 Å². The summed E-state index contributed by atoms with van der Waals surface area (Å²) >= 11 is 0. The Morgan fingerprint density at radius 3 is 3.25 bits per heavy atom. The van der Waals surface area contributed by atoms with Crippen molar-refractivity contribution in [3.8, 4) is 0 Å². The van der Waals surface area contributed by atoms with E-state index in [4.69, 9.17) is 0 Å².